The first kappa shape index (κ1) is 15.6. The van der Waals surface area contributed by atoms with Gasteiger partial charge in [-0.15, -0.1) is 0 Å². The standard InChI is InChI=1S/C17H24O2/c1-3-4-5-6-10-13-16(14(2)18)17(19)15-11-8-7-9-12-15/h7-9,11-12,16H,3-6,10,13H2,1-2H3. The van der Waals surface area contributed by atoms with E-state index in [4.69, 9.17) is 0 Å². The Morgan fingerprint density at radius 3 is 2.21 bits per heavy atom. The van der Waals surface area contributed by atoms with Gasteiger partial charge in [0.25, 0.3) is 0 Å². The van der Waals surface area contributed by atoms with Gasteiger partial charge in [0.1, 0.15) is 5.78 Å². The van der Waals surface area contributed by atoms with Gasteiger partial charge in [0.2, 0.25) is 0 Å². The van der Waals surface area contributed by atoms with E-state index in [0.29, 0.717) is 12.0 Å². The molecule has 1 unspecified atom stereocenters. The summed E-state index contributed by atoms with van der Waals surface area (Å²) >= 11 is 0. The molecule has 0 bridgehead atoms. The molecule has 0 N–H and O–H groups in total. The number of hydrogen-bond acceptors (Lipinski definition) is 2. The van der Waals surface area contributed by atoms with Crippen molar-refractivity contribution in [2.45, 2.75) is 52.4 Å². The molecule has 104 valence electrons. The van der Waals surface area contributed by atoms with Crippen molar-refractivity contribution in [3.63, 3.8) is 0 Å². The zero-order valence-corrected chi connectivity index (χ0v) is 12.0. The molecule has 0 aliphatic heterocycles. The summed E-state index contributed by atoms with van der Waals surface area (Å²) < 4.78 is 0. The van der Waals surface area contributed by atoms with Crippen molar-refractivity contribution < 1.29 is 9.59 Å². The van der Waals surface area contributed by atoms with Gasteiger partial charge in [0, 0.05) is 5.56 Å². The Morgan fingerprint density at radius 1 is 1.00 bits per heavy atom. The maximum absolute atomic E-state index is 12.3. The fourth-order valence-corrected chi connectivity index (χ4v) is 2.27. The Kier molecular flexibility index (Phi) is 7.09. The van der Waals surface area contributed by atoms with Crippen molar-refractivity contribution in [2.24, 2.45) is 5.92 Å². The average molecular weight is 260 g/mol. The fraction of sp³-hybridized carbons (Fsp3) is 0.529. The molecule has 0 spiro atoms. The summed E-state index contributed by atoms with van der Waals surface area (Å²) in [5, 5.41) is 0. The van der Waals surface area contributed by atoms with Crippen LogP contribution in [0.2, 0.25) is 0 Å². The van der Waals surface area contributed by atoms with Gasteiger partial charge in [-0.2, -0.15) is 0 Å². The highest BCUT2D eigenvalue weighted by Crippen LogP contribution is 2.18. The molecule has 0 aliphatic rings. The van der Waals surface area contributed by atoms with E-state index in [1.165, 1.54) is 26.2 Å². The number of rotatable bonds is 9. The van der Waals surface area contributed by atoms with Crippen molar-refractivity contribution in [3.05, 3.63) is 35.9 Å². The Labute approximate surface area is 116 Å². The third kappa shape index (κ3) is 5.37. The van der Waals surface area contributed by atoms with Crippen LogP contribution in [0.5, 0.6) is 0 Å². The van der Waals surface area contributed by atoms with Gasteiger partial charge >= 0.3 is 0 Å². The van der Waals surface area contributed by atoms with E-state index in [1.807, 2.05) is 18.2 Å². The molecular weight excluding hydrogens is 236 g/mol. The lowest BCUT2D eigenvalue weighted by molar-refractivity contribution is -0.119. The minimum atomic E-state index is -0.455. The van der Waals surface area contributed by atoms with Crippen molar-refractivity contribution in [2.75, 3.05) is 0 Å². The van der Waals surface area contributed by atoms with Crippen LogP contribution in [0.4, 0.5) is 0 Å². The molecule has 0 saturated carbocycles. The van der Waals surface area contributed by atoms with Gasteiger partial charge in [0.05, 0.1) is 5.92 Å². The SMILES string of the molecule is CCCCCCCC(C(C)=O)C(=O)c1ccccc1. The molecule has 1 aromatic carbocycles. The molecule has 2 heteroatoms. The molecule has 0 fully saturated rings. The predicted octanol–water partition coefficient (Wildman–Crippen LogP) is 4.44. The molecule has 0 aromatic heterocycles. The van der Waals surface area contributed by atoms with Gasteiger partial charge in [0.15, 0.2) is 5.78 Å². The number of hydrogen-bond donors (Lipinski definition) is 0. The average Bonchev–Trinajstić information content (AvgIpc) is 2.43. The summed E-state index contributed by atoms with van der Waals surface area (Å²) in [4.78, 5) is 23.9. The summed E-state index contributed by atoms with van der Waals surface area (Å²) in [6.07, 6.45) is 6.40. The highest BCUT2D eigenvalue weighted by Gasteiger charge is 2.23. The maximum Gasteiger partial charge on any atom is 0.173 e. The summed E-state index contributed by atoms with van der Waals surface area (Å²) in [6.45, 7) is 3.70. The first-order chi connectivity index (χ1) is 9.16. The zero-order valence-electron chi connectivity index (χ0n) is 12.0. The van der Waals surface area contributed by atoms with Crippen LogP contribution in [0, 0.1) is 5.92 Å². The van der Waals surface area contributed by atoms with Crippen LogP contribution < -0.4 is 0 Å². The van der Waals surface area contributed by atoms with Gasteiger partial charge < -0.3 is 0 Å². The predicted molar refractivity (Wildman–Crippen MR) is 78.3 cm³/mol. The third-order valence-corrected chi connectivity index (χ3v) is 3.46. The molecule has 1 atom stereocenters. The molecule has 1 rings (SSSR count). The smallest absolute Gasteiger partial charge is 0.173 e. The fourth-order valence-electron chi connectivity index (χ4n) is 2.27. The molecular formula is C17H24O2. The first-order valence-electron chi connectivity index (χ1n) is 7.26. The Balaban J connectivity index is 2.53. The number of unbranched alkanes of at least 4 members (excludes halogenated alkanes) is 4. The van der Waals surface area contributed by atoms with Crippen LogP contribution in [-0.2, 0) is 4.79 Å². The lowest BCUT2D eigenvalue weighted by Gasteiger charge is -2.12. The van der Waals surface area contributed by atoms with E-state index in [-0.39, 0.29) is 11.6 Å². The molecule has 0 aliphatic carbocycles. The molecule has 19 heavy (non-hydrogen) atoms. The van der Waals surface area contributed by atoms with E-state index in [9.17, 15) is 9.59 Å². The Morgan fingerprint density at radius 2 is 1.63 bits per heavy atom. The topological polar surface area (TPSA) is 34.1 Å². The number of ketones is 2. The minimum absolute atomic E-state index is 0.00987. The Bertz CT molecular complexity index is 395. The highest BCUT2D eigenvalue weighted by atomic mass is 16.1. The van der Waals surface area contributed by atoms with Crippen LogP contribution in [-0.4, -0.2) is 11.6 Å². The summed E-state index contributed by atoms with van der Waals surface area (Å²) in [5.41, 5.74) is 0.649. The second-order valence-corrected chi connectivity index (χ2v) is 5.10. The number of carbonyl (C=O) groups excluding carboxylic acids is 2. The first-order valence-corrected chi connectivity index (χ1v) is 7.26. The number of Topliss-reactive ketones (excluding diaryl/α,β-unsaturated/α-hetero) is 2. The zero-order chi connectivity index (χ0) is 14.1. The van der Waals surface area contributed by atoms with Crippen molar-refractivity contribution >= 4 is 11.6 Å². The molecule has 0 heterocycles. The van der Waals surface area contributed by atoms with E-state index in [2.05, 4.69) is 6.92 Å². The molecule has 0 saturated heterocycles. The summed E-state index contributed by atoms with van der Waals surface area (Å²) in [6, 6.07) is 9.13. The molecule has 2 nitrogen and oxygen atoms in total. The summed E-state index contributed by atoms with van der Waals surface area (Å²) in [5.74, 6) is -0.489. The van der Waals surface area contributed by atoms with Crippen LogP contribution >= 0.6 is 0 Å². The lowest BCUT2D eigenvalue weighted by Crippen LogP contribution is -2.22. The van der Waals surface area contributed by atoms with E-state index < -0.39 is 5.92 Å². The van der Waals surface area contributed by atoms with Crippen LogP contribution in [0.3, 0.4) is 0 Å². The minimum Gasteiger partial charge on any atom is -0.299 e. The second-order valence-electron chi connectivity index (χ2n) is 5.10. The van der Waals surface area contributed by atoms with Crippen LogP contribution in [0.15, 0.2) is 30.3 Å². The second kappa shape index (κ2) is 8.63. The Hall–Kier alpha value is -1.44. The lowest BCUT2D eigenvalue weighted by atomic mass is 9.89. The van der Waals surface area contributed by atoms with Gasteiger partial charge in [-0.1, -0.05) is 69.4 Å². The highest BCUT2D eigenvalue weighted by molar-refractivity contribution is 6.09. The van der Waals surface area contributed by atoms with Crippen LogP contribution in [0.25, 0.3) is 0 Å². The van der Waals surface area contributed by atoms with E-state index in [1.54, 1.807) is 12.1 Å². The number of benzene rings is 1. The van der Waals surface area contributed by atoms with Crippen molar-refractivity contribution in [1.82, 2.24) is 0 Å². The van der Waals surface area contributed by atoms with Crippen molar-refractivity contribution in [3.8, 4) is 0 Å². The van der Waals surface area contributed by atoms with Gasteiger partial charge in [-0.25, -0.2) is 0 Å². The van der Waals surface area contributed by atoms with Crippen LogP contribution in [0.1, 0.15) is 62.7 Å². The van der Waals surface area contributed by atoms with Crippen molar-refractivity contribution in [1.29, 1.82) is 0 Å². The largest absolute Gasteiger partial charge is 0.299 e. The molecule has 1 aromatic rings. The van der Waals surface area contributed by atoms with Gasteiger partial charge in [-0.05, 0) is 13.3 Å². The molecule has 0 radical (unpaired) electrons. The summed E-state index contributed by atoms with van der Waals surface area (Å²) in [7, 11) is 0. The maximum atomic E-state index is 12.3. The quantitative estimate of drug-likeness (QED) is 0.374. The number of carbonyl (C=O) groups is 2. The monoisotopic (exact) mass is 260 g/mol. The normalized spacial score (nSPS) is 12.1. The third-order valence-electron chi connectivity index (χ3n) is 3.46. The molecule has 0 amide bonds. The van der Waals surface area contributed by atoms with Gasteiger partial charge in [-0.3, -0.25) is 9.59 Å². The van der Waals surface area contributed by atoms with E-state index >= 15 is 0 Å². The van der Waals surface area contributed by atoms with E-state index in [0.717, 1.165) is 12.8 Å².